The Morgan fingerprint density at radius 1 is 1.47 bits per heavy atom. The summed E-state index contributed by atoms with van der Waals surface area (Å²) in [5.74, 6) is 0. The molecular formula is C12H15BrClNO3S. The molecule has 0 aromatic heterocycles. The highest BCUT2D eigenvalue weighted by Gasteiger charge is 2.38. The molecule has 1 saturated carbocycles. The van der Waals surface area contributed by atoms with Gasteiger partial charge in [-0.15, -0.1) is 0 Å². The molecule has 0 radical (unpaired) electrons. The van der Waals surface area contributed by atoms with E-state index in [1.165, 1.54) is 10.4 Å². The number of rotatable bonds is 6. The summed E-state index contributed by atoms with van der Waals surface area (Å²) < 4.78 is 32.5. The van der Waals surface area contributed by atoms with Gasteiger partial charge in [0.2, 0.25) is 10.0 Å². The van der Waals surface area contributed by atoms with Gasteiger partial charge in [-0.1, -0.05) is 27.5 Å². The quantitative estimate of drug-likeness (QED) is 0.775. The van der Waals surface area contributed by atoms with Crippen LogP contribution in [0.15, 0.2) is 27.6 Å². The van der Waals surface area contributed by atoms with E-state index in [0.29, 0.717) is 13.2 Å². The fraction of sp³-hybridized carbons (Fsp3) is 0.500. The molecule has 1 aromatic carbocycles. The Labute approximate surface area is 126 Å². The van der Waals surface area contributed by atoms with E-state index in [1.807, 2.05) is 0 Å². The molecule has 1 aromatic rings. The van der Waals surface area contributed by atoms with Gasteiger partial charge in [-0.05, 0) is 31.0 Å². The van der Waals surface area contributed by atoms with Gasteiger partial charge in [-0.25, -0.2) is 8.42 Å². The van der Waals surface area contributed by atoms with Crippen LogP contribution in [0.3, 0.4) is 0 Å². The number of methoxy groups -OCH3 is 1. The Morgan fingerprint density at radius 2 is 2.16 bits per heavy atom. The van der Waals surface area contributed by atoms with Crippen molar-refractivity contribution in [3.8, 4) is 0 Å². The summed E-state index contributed by atoms with van der Waals surface area (Å²) in [6, 6.07) is 4.89. The lowest BCUT2D eigenvalue weighted by Crippen LogP contribution is -2.36. The van der Waals surface area contributed by atoms with Crippen LogP contribution in [0.1, 0.15) is 12.8 Å². The van der Waals surface area contributed by atoms with E-state index in [1.54, 1.807) is 19.2 Å². The van der Waals surface area contributed by atoms with Gasteiger partial charge in [0.1, 0.15) is 4.90 Å². The number of hydrogen-bond donors (Lipinski definition) is 0. The Kier molecular flexibility index (Phi) is 4.89. The molecule has 0 spiro atoms. The molecule has 0 unspecified atom stereocenters. The van der Waals surface area contributed by atoms with Crippen molar-refractivity contribution in [2.45, 2.75) is 23.8 Å². The average Bonchev–Trinajstić information content (AvgIpc) is 3.13. The molecule has 4 nitrogen and oxygen atoms in total. The molecule has 1 aliphatic carbocycles. The first kappa shape index (κ1) is 15.3. The summed E-state index contributed by atoms with van der Waals surface area (Å²) >= 11 is 9.32. The minimum absolute atomic E-state index is 0.0832. The van der Waals surface area contributed by atoms with E-state index < -0.39 is 10.0 Å². The zero-order chi connectivity index (χ0) is 14.0. The minimum atomic E-state index is -3.56. The molecule has 0 heterocycles. The normalized spacial score (nSPS) is 16.0. The van der Waals surface area contributed by atoms with Gasteiger partial charge in [0.15, 0.2) is 0 Å². The maximum absolute atomic E-state index is 12.6. The van der Waals surface area contributed by atoms with E-state index in [9.17, 15) is 8.42 Å². The van der Waals surface area contributed by atoms with Crippen LogP contribution in [0.5, 0.6) is 0 Å². The first-order chi connectivity index (χ1) is 8.96. The number of ether oxygens (including phenoxy) is 1. The number of hydrogen-bond acceptors (Lipinski definition) is 3. The number of benzene rings is 1. The van der Waals surface area contributed by atoms with Crippen LogP contribution in [0, 0.1) is 0 Å². The maximum atomic E-state index is 12.6. The topological polar surface area (TPSA) is 46.6 Å². The van der Waals surface area contributed by atoms with Crippen molar-refractivity contribution in [2.24, 2.45) is 0 Å². The van der Waals surface area contributed by atoms with Crippen LogP contribution in [0.4, 0.5) is 0 Å². The average molecular weight is 369 g/mol. The van der Waals surface area contributed by atoms with Crippen molar-refractivity contribution in [3.05, 3.63) is 27.7 Å². The second-order valence-electron chi connectivity index (χ2n) is 4.41. The van der Waals surface area contributed by atoms with Crippen LogP contribution >= 0.6 is 27.5 Å². The molecule has 0 saturated heterocycles. The highest BCUT2D eigenvalue weighted by molar-refractivity contribution is 9.10. The van der Waals surface area contributed by atoms with Crippen LogP contribution in [0.2, 0.25) is 5.02 Å². The zero-order valence-corrected chi connectivity index (χ0v) is 13.6. The third-order valence-electron chi connectivity index (χ3n) is 2.95. The Hall–Kier alpha value is -0.140. The first-order valence-corrected chi connectivity index (χ1v) is 8.53. The van der Waals surface area contributed by atoms with Crippen LogP contribution < -0.4 is 0 Å². The lowest BCUT2D eigenvalue weighted by atomic mass is 10.4. The minimum Gasteiger partial charge on any atom is -0.383 e. The number of halogens is 2. The summed E-state index contributed by atoms with van der Waals surface area (Å²) in [7, 11) is -2.00. The summed E-state index contributed by atoms with van der Waals surface area (Å²) in [6.07, 6.45) is 1.80. The van der Waals surface area contributed by atoms with E-state index in [4.69, 9.17) is 16.3 Å². The SMILES string of the molecule is COCCN(C1CC1)S(=O)(=O)c1ccc(Br)cc1Cl. The van der Waals surface area contributed by atoms with Crippen molar-refractivity contribution in [1.29, 1.82) is 0 Å². The molecule has 0 aliphatic heterocycles. The van der Waals surface area contributed by atoms with Crippen LogP contribution in [0.25, 0.3) is 0 Å². The highest BCUT2D eigenvalue weighted by Crippen LogP contribution is 2.34. The van der Waals surface area contributed by atoms with Gasteiger partial charge in [0.05, 0.1) is 11.6 Å². The van der Waals surface area contributed by atoms with Crippen molar-refractivity contribution in [3.63, 3.8) is 0 Å². The fourth-order valence-corrected chi connectivity index (χ4v) is 4.54. The Bertz CT molecular complexity index is 560. The maximum Gasteiger partial charge on any atom is 0.244 e. The number of sulfonamides is 1. The summed E-state index contributed by atoms with van der Waals surface area (Å²) in [6.45, 7) is 0.736. The van der Waals surface area contributed by atoms with Gasteiger partial charge in [-0.3, -0.25) is 0 Å². The highest BCUT2D eigenvalue weighted by atomic mass is 79.9. The van der Waals surface area contributed by atoms with Crippen molar-refractivity contribution in [2.75, 3.05) is 20.3 Å². The third-order valence-corrected chi connectivity index (χ3v) is 5.88. The van der Waals surface area contributed by atoms with Gasteiger partial charge in [0.25, 0.3) is 0 Å². The molecule has 0 N–H and O–H groups in total. The second kappa shape index (κ2) is 6.10. The lowest BCUT2D eigenvalue weighted by molar-refractivity contribution is 0.177. The predicted molar refractivity (Wildman–Crippen MR) is 77.9 cm³/mol. The standard InChI is InChI=1S/C12H15BrClNO3S/c1-18-7-6-15(10-3-4-10)19(16,17)12-5-2-9(13)8-11(12)14/h2,5,8,10H,3-4,6-7H2,1H3. The molecule has 2 rings (SSSR count). The Morgan fingerprint density at radius 3 is 2.68 bits per heavy atom. The lowest BCUT2D eigenvalue weighted by Gasteiger charge is -2.22. The second-order valence-corrected chi connectivity index (χ2v) is 7.60. The summed E-state index contributed by atoms with van der Waals surface area (Å²) in [5, 5.41) is 0.234. The molecular weight excluding hydrogens is 354 g/mol. The summed E-state index contributed by atoms with van der Waals surface area (Å²) in [4.78, 5) is 0.153. The van der Waals surface area contributed by atoms with Gasteiger partial charge in [0, 0.05) is 24.2 Å². The molecule has 0 atom stereocenters. The molecule has 106 valence electrons. The van der Waals surface area contributed by atoms with Crippen LogP contribution in [-0.4, -0.2) is 39.0 Å². The predicted octanol–water partition coefficient (Wildman–Crippen LogP) is 2.90. The molecule has 1 aliphatic rings. The zero-order valence-electron chi connectivity index (χ0n) is 10.5. The van der Waals surface area contributed by atoms with Gasteiger partial charge >= 0.3 is 0 Å². The van der Waals surface area contributed by atoms with E-state index >= 15 is 0 Å². The molecule has 19 heavy (non-hydrogen) atoms. The van der Waals surface area contributed by atoms with Crippen LogP contribution in [-0.2, 0) is 14.8 Å². The van der Waals surface area contributed by atoms with Gasteiger partial charge < -0.3 is 4.74 Å². The van der Waals surface area contributed by atoms with E-state index in [2.05, 4.69) is 15.9 Å². The van der Waals surface area contributed by atoms with E-state index in [0.717, 1.165) is 17.3 Å². The monoisotopic (exact) mass is 367 g/mol. The smallest absolute Gasteiger partial charge is 0.244 e. The fourth-order valence-electron chi connectivity index (χ4n) is 1.85. The van der Waals surface area contributed by atoms with Gasteiger partial charge in [-0.2, -0.15) is 4.31 Å². The third kappa shape index (κ3) is 3.49. The molecule has 7 heteroatoms. The molecule has 0 bridgehead atoms. The van der Waals surface area contributed by atoms with Crippen molar-refractivity contribution >= 4 is 37.6 Å². The summed E-state index contributed by atoms with van der Waals surface area (Å²) in [5.41, 5.74) is 0. The first-order valence-electron chi connectivity index (χ1n) is 5.92. The van der Waals surface area contributed by atoms with Crippen molar-refractivity contribution < 1.29 is 13.2 Å². The number of nitrogens with zero attached hydrogens (tertiary/aromatic N) is 1. The molecule has 1 fully saturated rings. The van der Waals surface area contributed by atoms with Crippen molar-refractivity contribution in [1.82, 2.24) is 4.31 Å². The Balaban J connectivity index is 2.33. The van der Waals surface area contributed by atoms with E-state index in [-0.39, 0.29) is 16.0 Å². The largest absolute Gasteiger partial charge is 0.383 e. The molecule has 0 amide bonds.